The number of fused-ring (bicyclic) bond motifs is 1. The third-order valence-corrected chi connectivity index (χ3v) is 3.13. The van der Waals surface area contributed by atoms with Crippen LogP contribution in [0.5, 0.6) is 0 Å². The summed E-state index contributed by atoms with van der Waals surface area (Å²) in [5, 5.41) is 6.23. The standard InChI is InChI=1S/C15H14N2O/c1-10-7-8-12-13(9-10)16-14(15(18)17-12)11-5-3-2-4-6-11/h2-9,14,16H,1H3,(H,17,18)/t14-/m1/s1. The largest absolute Gasteiger partial charge is 0.368 e. The summed E-state index contributed by atoms with van der Waals surface area (Å²) < 4.78 is 0. The second-order valence-corrected chi connectivity index (χ2v) is 4.53. The number of benzene rings is 2. The molecule has 3 rings (SSSR count). The minimum absolute atomic E-state index is 0.0162. The Labute approximate surface area is 106 Å². The Morgan fingerprint density at radius 3 is 2.56 bits per heavy atom. The molecule has 2 aromatic carbocycles. The van der Waals surface area contributed by atoms with Crippen molar-refractivity contribution in [2.24, 2.45) is 0 Å². The summed E-state index contributed by atoms with van der Waals surface area (Å²) in [7, 11) is 0. The molecule has 1 atom stereocenters. The average molecular weight is 238 g/mol. The number of rotatable bonds is 1. The lowest BCUT2D eigenvalue weighted by atomic mass is 10.0. The minimum Gasteiger partial charge on any atom is -0.368 e. The van der Waals surface area contributed by atoms with E-state index in [0.717, 1.165) is 16.9 Å². The normalized spacial score (nSPS) is 17.6. The smallest absolute Gasteiger partial charge is 0.251 e. The second kappa shape index (κ2) is 4.18. The highest BCUT2D eigenvalue weighted by molar-refractivity contribution is 6.03. The molecule has 0 saturated carbocycles. The van der Waals surface area contributed by atoms with Gasteiger partial charge < -0.3 is 10.6 Å². The lowest BCUT2D eigenvalue weighted by molar-refractivity contribution is -0.117. The van der Waals surface area contributed by atoms with Crippen LogP contribution in [0.2, 0.25) is 0 Å². The van der Waals surface area contributed by atoms with Gasteiger partial charge >= 0.3 is 0 Å². The van der Waals surface area contributed by atoms with Crippen molar-refractivity contribution in [2.75, 3.05) is 10.6 Å². The van der Waals surface area contributed by atoms with Crippen molar-refractivity contribution in [2.45, 2.75) is 13.0 Å². The number of nitrogens with one attached hydrogen (secondary N) is 2. The van der Waals surface area contributed by atoms with Crippen LogP contribution in [-0.4, -0.2) is 5.91 Å². The van der Waals surface area contributed by atoms with E-state index in [1.807, 2.05) is 55.5 Å². The predicted molar refractivity (Wildman–Crippen MR) is 72.6 cm³/mol. The third kappa shape index (κ3) is 1.84. The van der Waals surface area contributed by atoms with Gasteiger partial charge in [-0.1, -0.05) is 36.4 Å². The summed E-state index contributed by atoms with van der Waals surface area (Å²) >= 11 is 0. The van der Waals surface area contributed by atoms with Gasteiger partial charge in [-0.05, 0) is 30.2 Å². The first kappa shape index (κ1) is 10.8. The van der Waals surface area contributed by atoms with Gasteiger partial charge in [0.25, 0.3) is 5.91 Å². The van der Waals surface area contributed by atoms with Gasteiger partial charge in [0.2, 0.25) is 0 Å². The zero-order chi connectivity index (χ0) is 12.5. The fourth-order valence-corrected chi connectivity index (χ4v) is 2.19. The monoisotopic (exact) mass is 238 g/mol. The van der Waals surface area contributed by atoms with Gasteiger partial charge in [0.05, 0.1) is 11.4 Å². The van der Waals surface area contributed by atoms with Crippen molar-refractivity contribution < 1.29 is 4.79 Å². The van der Waals surface area contributed by atoms with E-state index in [0.29, 0.717) is 0 Å². The van der Waals surface area contributed by atoms with E-state index < -0.39 is 0 Å². The molecule has 1 aliphatic rings. The number of anilines is 2. The average Bonchev–Trinajstić information content (AvgIpc) is 2.39. The van der Waals surface area contributed by atoms with Crippen LogP contribution in [0.3, 0.4) is 0 Å². The third-order valence-electron chi connectivity index (χ3n) is 3.13. The van der Waals surface area contributed by atoms with Gasteiger partial charge in [-0.2, -0.15) is 0 Å². The fraction of sp³-hybridized carbons (Fsp3) is 0.133. The minimum atomic E-state index is -0.319. The molecule has 18 heavy (non-hydrogen) atoms. The van der Waals surface area contributed by atoms with Crippen LogP contribution in [0.15, 0.2) is 48.5 Å². The van der Waals surface area contributed by atoms with Crippen molar-refractivity contribution in [1.82, 2.24) is 0 Å². The van der Waals surface area contributed by atoms with Gasteiger partial charge in [-0.3, -0.25) is 4.79 Å². The van der Waals surface area contributed by atoms with Crippen molar-refractivity contribution in [3.05, 3.63) is 59.7 Å². The first-order valence-corrected chi connectivity index (χ1v) is 5.97. The SMILES string of the molecule is Cc1ccc2c(c1)N[C@H](c1ccccc1)C(=O)N2. The van der Waals surface area contributed by atoms with E-state index in [9.17, 15) is 4.79 Å². The number of aryl methyl sites for hydroxylation is 1. The number of hydrogen-bond acceptors (Lipinski definition) is 2. The Morgan fingerprint density at radius 1 is 1.00 bits per heavy atom. The van der Waals surface area contributed by atoms with Crippen molar-refractivity contribution in [3.8, 4) is 0 Å². The molecule has 3 nitrogen and oxygen atoms in total. The van der Waals surface area contributed by atoms with Crippen LogP contribution >= 0.6 is 0 Å². The Hall–Kier alpha value is -2.29. The summed E-state index contributed by atoms with van der Waals surface area (Å²) in [5.74, 6) is -0.0162. The van der Waals surface area contributed by atoms with Gasteiger partial charge in [-0.25, -0.2) is 0 Å². The molecule has 0 unspecified atom stereocenters. The zero-order valence-electron chi connectivity index (χ0n) is 10.1. The van der Waals surface area contributed by atoms with Crippen LogP contribution in [-0.2, 0) is 4.79 Å². The molecule has 0 bridgehead atoms. The highest BCUT2D eigenvalue weighted by Crippen LogP contribution is 2.32. The molecule has 2 aromatic rings. The maximum atomic E-state index is 12.1. The van der Waals surface area contributed by atoms with Gasteiger partial charge in [-0.15, -0.1) is 0 Å². The highest BCUT2D eigenvalue weighted by atomic mass is 16.2. The fourth-order valence-electron chi connectivity index (χ4n) is 2.19. The first-order valence-electron chi connectivity index (χ1n) is 5.97. The summed E-state index contributed by atoms with van der Waals surface area (Å²) in [5.41, 5.74) is 3.97. The molecule has 3 heteroatoms. The van der Waals surface area contributed by atoms with Gasteiger partial charge in [0, 0.05) is 0 Å². The maximum absolute atomic E-state index is 12.1. The molecule has 0 saturated heterocycles. The Bertz CT molecular complexity index is 593. The Kier molecular flexibility index (Phi) is 2.52. The van der Waals surface area contributed by atoms with E-state index in [1.54, 1.807) is 0 Å². The quantitative estimate of drug-likeness (QED) is 0.801. The van der Waals surface area contributed by atoms with Gasteiger partial charge in [0.15, 0.2) is 0 Å². The number of carbonyl (C=O) groups excluding carboxylic acids is 1. The van der Waals surface area contributed by atoms with Crippen LogP contribution in [0.25, 0.3) is 0 Å². The van der Waals surface area contributed by atoms with Crippen molar-refractivity contribution >= 4 is 17.3 Å². The molecule has 0 aromatic heterocycles. The van der Waals surface area contributed by atoms with E-state index >= 15 is 0 Å². The molecule has 90 valence electrons. The molecule has 1 aliphatic heterocycles. The number of hydrogen-bond donors (Lipinski definition) is 2. The molecule has 1 amide bonds. The zero-order valence-corrected chi connectivity index (χ0v) is 10.1. The molecule has 0 aliphatic carbocycles. The molecular weight excluding hydrogens is 224 g/mol. The van der Waals surface area contributed by atoms with Crippen LogP contribution in [0, 0.1) is 6.92 Å². The second-order valence-electron chi connectivity index (χ2n) is 4.53. The van der Waals surface area contributed by atoms with Gasteiger partial charge in [0.1, 0.15) is 6.04 Å². The summed E-state index contributed by atoms with van der Waals surface area (Å²) in [6.07, 6.45) is 0. The molecular formula is C15H14N2O. The highest BCUT2D eigenvalue weighted by Gasteiger charge is 2.26. The first-order chi connectivity index (χ1) is 8.74. The van der Waals surface area contributed by atoms with Crippen molar-refractivity contribution in [1.29, 1.82) is 0 Å². The molecule has 1 heterocycles. The summed E-state index contributed by atoms with van der Waals surface area (Å²) in [6, 6.07) is 15.4. The Morgan fingerprint density at radius 2 is 1.78 bits per heavy atom. The molecule has 2 N–H and O–H groups in total. The summed E-state index contributed by atoms with van der Waals surface area (Å²) in [6.45, 7) is 2.04. The predicted octanol–water partition coefficient (Wildman–Crippen LogP) is 3.10. The van der Waals surface area contributed by atoms with E-state index in [-0.39, 0.29) is 11.9 Å². The summed E-state index contributed by atoms with van der Waals surface area (Å²) in [4.78, 5) is 12.1. The Balaban J connectivity index is 1.99. The lowest BCUT2D eigenvalue weighted by Gasteiger charge is -2.27. The van der Waals surface area contributed by atoms with Crippen molar-refractivity contribution in [3.63, 3.8) is 0 Å². The number of amides is 1. The van der Waals surface area contributed by atoms with E-state index in [2.05, 4.69) is 10.6 Å². The molecule has 0 radical (unpaired) electrons. The maximum Gasteiger partial charge on any atom is 0.251 e. The van der Waals surface area contributed by atoms with E-state index in [1.165, 1.54) is 5.56 Å². The van der Waals surface area contributed by atoms with Crippen LogP contribution in [0.1, 0.15) is 17.2 Å². The number of carbonyl (C=O) groups is 1. The lowest BCUT2D eigenvalue weighted by Crippen LogP contribution is -2.31. The van der Waals surface area contributed by atoms with E-state index in [4.69, 9.17) is 0 Å². The molecule has 0 spiro atoms. The van der Waals surface area contributed by atoms with Crippen LogP contribution in [0.4, 0.5) is 11.4 Å². The molecule has 0 fully saturated rings. The topological polar surface area (TPSA) is 41.1 Å². The van der Waals surface area contributed by atoms with Crippen LogP contribution < -0.4 is 10.6 Å².